The van der Waals surface area contributed by atoms with Crippen molar-refractivity contribution in [2.75, 3.05) is 26.0 Å². The third-order valence-corrected chi connectivity index (χ3v) is 6.40. The van der Waals surface area contributed by atoms with Gasteiger partial charge in [-0.15, -0.1) is 0 Å². The Kier molecular flexibility index (Phi) is 7.04. The molecule has 0 radical (unpaired) electrons. The molecule has 0 unspecified atom stereocenters. The molecule has 2 nitrogen and oxygen atoms in total. The molecular formula is C15H31NOS. The fraction of sp³-hybridized carbons (Fsp3) is 1.00. The molecule has 18 heavy (non-hydrogen) atoms. The van der Waals surface area contributed by atoms with Gasteiger partial charge >= 0.3 is 0 Å². The zero-order valence-electron chi connectivity index (χ0n) is 12.4. The first-order valence-electron chi connectivity index (χ1n) is 7.52. The molecule has 0 heterocycles. The van der Waals surface area contributed by atoms with Crippen molar-refractivity contribution in [2.24, 2.45) is 5.41 Å². The minimum absolute atomic E-state index is 0.0915. The lowest BCUT2D eigenvalue weighted by molar-refractivity contribution is 0.112. The zero-order chi connectivity index (χ0) is 13.5. The highest BCUT2D eigenvalue weighted by Crippen LogP contribution is 2.38. The van der Waals surface area contributed by atoms with Crippen LogP contribution < -0.4 is 5.32 Å². The van der Waals surface area contributed by atoms with Crippen LogP contribution in [-0.2, 0) is 0 Å². The Bertz CT molecular complexity index is 214. The highest BCUT2D eigenvalue weighted by atomic mass is 32.2. The van der Waals surface area contributed by atoms with Crippen LogP contribution in [0.1, 0.15) is 58.8 Å². The number of thioether (sulfide) groups is 1. The van der Waals surface area contributed by atoms with Crippen LogP contribution in [0.3, 0.4) is 0 Å². The summed E-state index contributed by atoms with van der Waals surface area (Å²) >= 11 is 2.04. The maximum absolute atomic E-state index is 9.59. The van der Waals surface area contributed by atoms with Crippen molar-refractivity contribution in [2.45, 2.75) is 63.5 Å². The molecule has 0 bridgehead atoms. The molecule has 0 aromatic heterocycles. The lowest BCUT2D eigenvalue weighted by atomic mass is 9.82. The van der Waals surface area contributed by atoms with E-state index < -0.39 is 0 Å². The molecule has 0 amide bonds. The van der Waals surface area contributed by atoms with E-state index in [-0.39, 0.29) is 5.41 Å². The summed E-state index contributed by atoms with van der Waals surface area (Å²) in [6.45, 7) is 6.74. The minimum Gasteiger partial charge on any atom is -0.396 e. The molecule has 0 saturated heterocycles. The lowest BCUT2D eigenvalue weighted by Crippen LogP contribution is -2.44. The van der Waals surface area contributed by atoms with Gasteiger partial charge in [-0.3, -0.25) is 0 Å². The Morgan fingerprint density at radius 1 is 1.17 bits per heavy atom. The normalized spacial score (nSPS) is 20.0. The maximum atomic E-state index is 9.59. The summed E-state index contributed by atoms with van der Waals surface area (Å²) < 4.78 is 0.459. The average Bonchev–Trinajstić information content (AvgIpc) is 2.45. The molecule has 1 rings (SSSR count). The Labute approximate surface area is 117 Å². The van der Waals surface area contributed by atoms with Crippen LogP contribution in [0.25, 0.3) is 0 Å². The van der Waals surface area contributed by atoms with Crippen LogP contribution >= 0.6 is 11.8 Å². The van der Waals surface area contributed by atoms with Gasteiger partial charge in [0, 0.05) is 29.9 Å². The second-order valence-corrected chi connectivity index (χ2v) is 7.19. The third-order valence-electron chi connectivity index (χ3n) is 4.98. The molecule has 3 heteroatoms. The van der Waals surface area contributed by atoms with Crippen LogP contribution in [0.2, 0.25) is 0 Å². The number of hydrogen-bond acceptors (Lipinski definition) is 3. The van der Waals surface area contributed by atoms with Gasteiger partial charge in [0.1, 0.15) is 0 Å². The van der Waals surface area contributed by atoms with Crippen LogP contribution in [0.4, 0.5) is 0 Å². The summed E-state index contributed by atoms with van der Waals surface area (Å²) in [6, 6.07) is 0. The van der Waals surface area contributed by atoms with Gasteiger partial charge in [0.15, 0.2) is 0 Å². The number of nitrogens with one attached hydrogen (secondary N) is 1. The molecule has 1 aliphatic rings. The van der Waals surface area contributed by atoms with Gasteiger partial charge in [0.25, 0.3) is 0 Å². The molecule has 0 atom stereocenters. The quantitative estimate of drug-likeness (QED) is 0.710. The van der Waals surface area contributed by atoms with Crippen LogP contribution in [0.15, 0.2) is 0 Å². The monoisotopic (exact) mass is 273 g/mol. The molecule has 0 aliphatic heterocycles. The Hall–Kier alpha value is 0.270. The highest BCUT2D eigenvalue weighted by molar-refractivity contribution is 8.00. The van der Waals surface area contributed by atoms with E-state index in [2.05, 4.69) is 25.4 Å². The van der Waals surface area contributed by atoms with Crippen molar-refractivity contribution in [1.82, 2.24) is 5.32 Å². The maximum Gasteiger partial charge on any atom is 0.0499 e. The summed E-state index contributed by atoms with van der Waals surface area (Å²) in [6.07, 6.45) is 11.2. The summed E-state index contributed by atoms with van der Waals surface area (Å²) in [4.78, 5) is 0. The van der Waals surface area contributed by atoms with E-state index in [0.717, 1.165) is 25.9 Å². The summed E-state index contributed by atoms with van der Waals surface area (Å²) in [5.41, 5.74) is 0.0915. The van der Waals surface area contributed by atoms with E-state index in [1.165, 1.54) is 32.1 Å². The zero-order valence-corrected chi connectivity index (χ0v) is 13.2. The second kappa shape index (κ2) is 7.76. The van der Waals surface area contributed by atoms with Crippen molar-refractivity contribution in [3.63, 3.8) is 0 Å². The summed E-state index contributed by atoms with van der Waals surface area (Å²) in [7, 11) is 0. The van der Waals surface area contributed by atoms with Gasteiger partial charge < -0.3 is 10.4 Å². The molecule has 0 spiro atoms. The van der Waals surface area contributed by atoms with E-state index in [9.17, 15) is 5.11 Å². The van der Waals surface area contributed by atoms with E-state index in [0.29, 0.717) is 11.4 Å². The van der Waals surface area contributed by atoms with Gasteiger partial charge in [-0.2, -0.15) is 11.8 Å². The summed E-state index contributed by atoms with van der Waals surface area (Å²) in [5.74, 6) is 0. The second-order valence-electron chi connectivity index (χ2n) is 5.92. The standard InChI is InChI=1S/C15H31NOS/c1-4-14(5-2,13-17)11-16-12-15(18-3)9-7-6-8-10-15/h16-17H,4-13H2,1-3H3. The van der Waals surface area contributed by atoms with E-state index in [1.54, 1.807) is 0 Å². The van der Waals surface area contributed by atoms with Crippen molar-refractivity contribution >= 4 is 11.8 Å². The Morgan fingerprint density at radius 3 is 2.22 bits per heavy atom. The number of aliphatic hydroxyl groups is 1. The fourth-order valence-corrected chi connectivity index (χ4v) is 3.93. The van der Waals surface area contributed by atoms with E-state index in [1.807, 2.05) is 11.8 Å². The molecule has 0 aromatic carbocycles. The van der Waals surface area contributed by atoms with Gasteiger partial charge in [-0.1, -0.05) is 33.1 Å². The number of aliphatic hydroxyl groups excluding tert-OH is 1. The first-order valence-corrected chi connectivity index (χ1v) is 8.75. The molecular weight excluding hydrogens is 242 g/mol. The molecule has 0 aromatic rings. The summed E-state index contributed by atoms with van der Waals surface area (Å²) in [5, 5.41) is 13.2. The van der Waals surface area contributed by atoms with E-state index >= 15 is 0 Å². The predicted octanol–water partition coefficient (Wildman–Crippen LogP) is 3.44. The molecule has 1 saturated carbocycles. The van der Waals surface area contributed by atoms with Crippen LogP contribution in [-0.4, -0.2) is 35.8 Å². The predicted molar refractivity (Wildman–Crippen MR) is 82.3 cm³/mol. The van der Waals surface area contributed by atoms with Crippen LogP contribution in [0.5, 0.6) is 0 Å². The average molecular weight is 273 g/mol. The van der Waals surface area contributed by atoms with Crippen molar-refractivity contribution in [1.29, 1.82) is 0 Å². The van der Waals surface area contributed by atoms with Crippen molar-refractivity contribution < 1.29 is 5.11 Å². The van der Waals surface area contributed by atoms with Gasteiger partial charge in [-0.25, -0.2) is 0 Å². The molecule has 1 fully saturated rings. The molecule has 108 valence electrons. The fourth-order valence-electron chi connectivity index (χ4n) is 2.98. The minimum atomic E-state index is 0.0915. The Balaban J connectivity index is 2.43. The highest BCUT2D eigenvalue weighted by Gasteiger charge is 2.32. The van der Waals surface area contributed by atoms with Crippen molar-refractivity contribution in [3.05, 3.63) is 0 Å². The smallest absolute Gasteiger partial charge is 0.0499 e. The first-order chi connectivity index (χ1) is 8.66. The SMILES string of the molecule is CCC(CC)(CO)CNCC1(SC)CCCCC1. The van der Waals surface area contributed by atoms with Crippen LogP contribution in [0, 0.1) is 5.41 Å². The number of hydrogen-bond donors (Lipinski definition) is 2. The van der Waals surface area contributed by atoms with E-state index in [4.69, 9.17) is 0 Å². The van der Waals surface area contributed by atoms with Gasteiger partial charge in [0.05, 0.1) is 0 Å². The van der Waals surface area contributed by atoms with Gasteiger partial charge in [0.2, 0.25) is 0 Å². The third kappa shape index (κ3) is 4.14. The molecule has 1 aliphatic carbocycles. The van der Waals surface area contributed by atoms with Crippen molar-refractivity contribution in [3.8, 4) is 0 Å². The topological polar surface area (TPSA) is 32.3 Å². The first kappa shape index (κ1) is 16.3. The lowest BCUT2D eigenvalue weighted by Gasteiger charge is -2.38. The molecule has 2 N–H and O–H groups in total. The Morgan fingerprint density at radius 2 is 1.78 bits per heavy atom. The number of rotatable bonds is 8. The largest absolute Gasteiger partial charge is 0.396 e. The van der Waals surface area contributed by atoms with Gasteiger partial charge in [-0.05, 0) is 31.9 Å².